The molecule has 0 aromatic heterocycles. The van der Waals surface area contributed by atoms with Crippen molar-refractivity contribution in [2.75, 3.05) is 10.2 Å². The Kier molecular flexibility index (Phi) is 6.03. The van der Waals surface area contributed by atoms with E-state index in [4.69, 9.17) is 0 Å². The minimum absolute atomic E-state index is 0.112. The third kappa shape index (κ3) is 4.45. The first kappa shape index (κ1) is 22.9. The largest absolute Gasteiger partial charge is 0.329 e. The van der Waals surface area contributed by atoms with E-state index in [1.165, 1.54) is 0 Å². The van der Waals surface area contributed by atoms with Gasteiger partial charge in [0, 0.05) is 16.8 Å². The standard InChI is InChI=1S/C27H25N3O4/c1-17(19-11-7-12-20(15-19)23(31)18-9-5-4-6-10-18)24(32)28-21-13-8-14-22(16-21)30-25(33)27(2,3)29-26(30)34/h4-17H,1-3H3,(H,28,32)(H,29,34). The number of carbonyl (C=O) groups excluding carboxylic acids is 4. The van der Waals surface area contributed by atoms with E-state index < -0.39 is 17.5 Å². The molecule has 7 nitrogen and oxygen atoms in total. The second-order valence-electron chi connectivity index (χ2n) is 8.78. The van der Waals surface area contributed by atoms with Crippen molar-refractivity contribution in [3.8, 4) is 0 Å². The highest BCUT2D eigenvalue weighted by Crippen LogP contribution is 2.27. The first-order chi connectivity index (χ1) is 16.2. The predicted octanol–water partition coefficient (Wildman–Crippen LogP) is 4.49. The lowest BCUT2D eigenvalue weighted by atomic mass is 9.95. The Balaban J connectivity index is 1.51. The summed E-state index contributed by atoms with van der Waals surface area (Å²) >= 11 is 0. The first-order valence-electron chi connectivity index (χ1n) is 10.9. The van der Waals surface area contributed by atoms with Crippen molar-refractivity contribution in [1.29, 1.82) is 0 Å². The lowest BCUT2D eigenvalue weighted by Crippen LogP contribution is -2.40. The number of hydrogen-bond donors (Lipinski definition) is 2. The molecule has 1 aliphatic rings. The molecule has 1 aliphatic heterocycles. The number of amides is 4. The highest BCUT2D eigenvalue weighted by molar-refractivity contribution is 6.23. The highest BCUT2D eigenvalue weighted by atomic mass is 16.2. The van der Waals surface area contributed by atoms with Gasteiger partial charge in [-0.3, -0.25) is 14.4 Å². The fourth-order valence-electron chi connectivity index (χ4n) is 3.81. The molecule has 0 radical (unpaired) electrons. The fourth-order valence-corrected chi connectivity index (χ4v) is 3.81. The van der Waals surface area contributed by atoms with E-state index >= 15 is 0 Å². The van der Waals surface area contributed by atoms with Crippen molar-refractivity contribution >= 4 is 35.0 Å². The van der Waals surface area contributed by atoms with Gasteiger partial charge in [0.25, 0.3) is 5.91 Å². The van der Waals surface area contributed by atoms with Crippen LogP contribution in [0.25, 0.3) is 0 Å². The summed E-state index contributed by atoms with van der Waals surface area (Å²) in [6.45, 7) is 5.03. The molecule has 1 saturated heterocycles. The Bertz CT molecular complexity index is 1280. The third-order valence-electron chi connectivity index (χ3n) is 5.81. The molecule has 1 fully saturated rings. The maximum Gasteiger partial charge on any atom is 0.329 e. The SMILES string of the molecule is CC(C(=O)Nc1cccc(N2C(=O)NC(C)(C)C2=O)c1)c1cccc(C(=O)c2ccccc2)c1. The van der Waals surface area contributed by atoms with Gasteiger partial charge in [-0.25, -0.2) is 9.69 Å². The van der Waals surface area contributed by atoms with Crippen molar-refractivity contribution in [3.63, 3.8) is 0 Å². The number of nitrogens with zero attached hydrogens (tertiary/aromatic N) is 1. The van der Waals surface area contributed by atoms with Crippen LogP contribution in [0.3, 0.4) is 0 Å². The Morgan fingerprint density at radius 1 is 0.882 bits per heavy atom. The van der Waals surface area contributed by atoms with Gasteiger partial charge in [-0.1, -0.05) is 54.6 Å². The van der Waals surface area contributed by atoms with E-state index in [0.717, 1.165) is 4.90 Å². The van der Waals surface area contributed by atoms with Crippen molar-refractivity contribution in [1.82, 2.24) is 5.32 Å². The smallest absolute Gasteiger partial charge is 0.325 e. The van der Waals surface area contributed by atoms with E-state index in [1.54, 1.807) is 81.4 Å². The van der Waals surface area contributed by atoms with Crippen molar-refractivity contribution < 1.29 is 19.2 Å². The lowest BCUT2D eigenvalue weighted by molar-refractivity contribution is -0.121. The molecule has 0 spiro atoms. The van der Waals surface area contributed by atoms with Gasteiger partial charge in [-0.15, -0.1) is 0 Å². The second kappa shape index (κ2) is 8.94. The second-order valence-corrected chi connectivity index (χ2v) is 8.78. The zero-order valence-corrected chi connectivity index (χ0v) is 19.2. The zero-order valence-electron chi connectivity index (χ0n) is 19.2. The van der Waals surface area contributed by atoms with Gasteiger partial charge in [0.05, 0.1) is 11.6 Å². The fraction of sp³-hybridized carbons (Fsp3) is 0.185. The number of rotatable bonds is 6. The summed E-state index contributed by atoms with van der Waals surface area (Å²) in [7, 11) is 0. The van der Waals surface area contributed by atoms with E-state index in [9.17, 15) is 19.2 Å². The van der Waals surface area contributed by atoms with Gasteiger partial charge in [0.15, 0.2) is 5.78 Å². The molecule has 4 amide bonds. The number of carbonyl (C=O) groups is 4. The molecule has 3 aromatic carbocycles. The van der Waals surface area contributed by atoms with Crippen LogP contribution in [0.15, 0.2) is 78.9 Å². The molecule has 2 N–H and O–H groups in total. The maximum atomic E-state index is 13.0. The molecule has 1 unspecified atom stereocenters. The number of ketones is 1. The van der Waals surface area contributed by atoms with Gasteiger partial charge in [0.1, 0.15) is 5.54 Å². The van der Waals surface area contributed by atoms with E-state index in [0.29, 0.717) is 28.1 Å². The van der Waals surface area contributed by atoms with Gasteiger partial charge in [-0.05, 0) is 50.6 Å². The van der Waals surface area contributed by atoms with Crippen LogP contribution in [0.1, 0.15) is 48.2 Å². The molecule has 1 heterocycles. The predicted molar refractivity (Wildman–Crippen MR) is 130 cm³/mol. The van der Waals surface area contributed by atoms with Crippen LogP contribution >= 0.6 is 0 Å². The van der Waals surface area contributed by atoms with Crippen molar-refractivity contribution in [2.45, 2.75) is 32.2 Å². The molecule has 0 saturated carbocycles. The molecule has 34 heavy (non-hydrogen) atoms. The summed E-state index contributed by atoms with van der Waals surface area (Å²) in [5, 5.41) is 5.48. The Morgan fingerprint density at radius 3 is 2.24 bits per heavy atom. The number of urea groups is 1. The van der Waals surface area contributed by atoms with Crippen LogP contribution in [0.2, 0.25) is 0 Å². The summed E-state index contributed by atoms with van der Waals surface area (Å²) in [6.07, 6.45) is 0. The first-order valence-corrected chi connectivity index (χ1v) is 10.9. The average molecular weight is 456 g/mol. The molecule has 1 atom stereocenters. The summed E-state index contributed by atoms with van der Waals surface area (Å²) in [5.41, 5.74) is 1.62. The monoisotopic (exact) mass is 455 g/mol. The van der Waals surface area contributed by atoms with Crippen LogP contribution < -0.4 is 15.5 Å². The normalized spacial score (nSPS) is 15.6. The van der Waals surface area contributed by atoms with Crippen LogP contribution in [-0.4, -0.2) is 29.2 Å². The van der Waals surface area contributed by atoms with E-state index in [2.05, 4.69) is 10.6 Å². The van der Waals surface area contributed by atoms with Gasteiger partial charge >= 0.3 is 6.03 Å². The van der Waals surface area contributed by atoms with E-state index in [1.807, 2.05) is 18.2 Å². The summed E-state index contributed by atoms with van der Waals surface area (Å²) < 4.78 is 0. The molecule has 4 rings (SSSR count). The maximum absolute atomic E-state index is 13.0. The minimum atomic E-state index is -0.993. The van der Waals surface area contributed by atoms with Crippen LogP contribution in [0.4, 0.5) is 16.2 Å². The third-order valence-corrected chi connectivity index (χ3v) is 5.81. The number of anilines is 2. The van der Waals surface area contributed by atoms with Gasteiger partial charge < -0.3 is 10.6 Å². The Labute approximate surface area is 197 Å². The van der Waals surface area contributed by atoms with Crippen LogP contribution in [0.5, 0.6) is 0 Å². The lowest BCUT2D eigenvalue weighted by Gasteiger charge is -2.18. The quantitative estimate of drug-likeness (QED) is 0.423. The van der Waals surface area contributed by atoms with Gasteiger partial charge in [-0.2, -0.15) is 0 Å². The Morgan fingerprint density at radius 2 is 1.56 bits per heavy atom. The molecule has 3 aromatic rings. The number of benzene rings is 3. The van der Waals surface area contributed by atoms with Crippen molar-refractivity contribution in [2.24, 2.45) is 0 Å². The number of nitrogens with one attached hydrogen (secondary N) is 2. The van der Waals surface area contributed by atoms with Crippen LogP contribution in [0, 0.1) is 0 Å². The zero-order chi connectivity index (χ0) is 24.5. The molecule has 0 aliphatic carbocycles. The van der Waals surface area contributed by atoms with Crippen molar-refractivity contribution in [3.05, 3.63) is 95.6 Å². The number of hydrogen-bond acceptors (Lipinski definition) is 4. The Hall–Kier alpha value is -4.26. The molecule has 172 valence electrons. The molecular formula is C27H25N3O4. The van der Waals surface area contributed by atoms with Gasteiger partial charge in [0.2, 0.25) is 5.91 Å². The minimum Gasteiger partial charge on any atom is -0.325 e. The molecule has 7 heteroatoms. The summed E-state index contributed by atoms with van der Waals surface area (Å²) in [6, 6.07) is 22.1. The highest BCUT2D eigenvalue weighted by Gasteiger charge is 2.45. The molecule has 0 bridgehead atoms. The van der Waals surface area contributed by atoms with Crippen LogP contribution in [-0.2, 0) is 9.59 Å². The number of imide groups is 1. The topological polar surface area (TPSA) is 95.6 Å². The summed E-state index contributed by atoms with van der Waals surface area (Å²) in [4.78, 5) is 51.7. The average Bonchev–Trinajstić information content (AvgIpc) is 3.04. The van der Waals surface area contributed by atoms with E-state index in [-0.39, 0.29) is 17.6 Å². The molecular weight excluding hydrogens is 430 g/mol. The summed E-state index contributed by atoms with van der Waals surface area (Å²) in [5.74, 6) is -1.30.